The van der Waals surface area contributed by atoms with Gasteiger partial charge >= 0.3 is 0 Å². The van der Waals surface area contributed by atoms with Crippen molar-refractivity contribution in [1.82, 2.24) is 5.32 Å². The van der Waals surface area contributed by atoms with Crippen molar-refractivity contribution in [1.29, 1.82) is 0 Å². The van der Waals surface area contributed by atoms with Crippen molar-refractivity contribution >= 4 is 29.3 Å². The SMILES string of the molecule is C[C@@H](SCc1ccccc1)C(=O)Nc1ccccc1C(=O)NC1CCCCC1. The van der Waals surface area contributed by atoms with E-state index in [1.165, 1.54) is 24.8 Å². The van der Waals surface area contributed by atoms with Gasteiger partial charge in [0.2, 0.25) is 5.91 Å². The Balaban J connectivity index is 1.58. The van der Waals surface area contributed by atoms with Crippen LogP contribution in [0.2, 0.25) is 0 Å². The molecule has 0 aliphatic heterocycles. The van der Waals surface area contributed by atoms with Crippen LogP contribution in [-0.4, -0.2) is 23.1 Å². The monoisotopic (exact) mass is 396 g/mol. The van der Waals surface area contributed by atoms with Crippen molar-refractivity contribution in [2.45, 2.75) is 56.1 Å². The Labute approximate surface area is 171 Å². The van der Waals surface area contributed by atoms with Gasteiger partial charge in [0.05, 0.1) is 16.5 Å². The van der Waals surface area contributed by atoms with Crippen molar-refractivity contribution in [3.8, 4) is 0 Å². The number of nitrogens with one attached hydrogen (secondary N) is 2. The van der Waals surface area contributed by atoms with Crippen LogP contribution in [0.4, 0.5) is 5.69 Å². The summed E-state index contributed by atoms with van der Waals surface area (Å²) in [4.78, 5) is 25.4. The molecule has 1 fully saturated rings. The number of carbonyl (C=O) groups excluding carboxylic acids is 2. The summed E-state index contributed by atoms with van der Waals surface area (Å²) >= 11 is 1.59. The fourth-order valence-corrected chi connectivity index (χ4v) is 4.25. The molecule has 0 spiro atoms. The molecule has 2 N–H and O–H groups in total. The van der Waals surface area contributed by atoms with E-state index < -0.39 is 0 Å². The molecule has 2 aromatic carbocycles. The van der Waals surface area contributed by atoms with Crippen LogP contribution < -0.4 is 10.6 Å². The van der Waals surface area contributed by atoms with E-state index in [2.05, 4.69) is 22.8 Å². The molecule has 1 saturated carbocycles. The second kappa shape index (κ2) is 10.3. The minimum absolute atomic E-state index is 0.0844. The molecular formula is C23H28N2O2S. The lowest BCUT2D eigenvalue weighted by molar-refractivity contribution is -0.115. The fraction of sp³-hybridized carbons (Fsp3) is 0.391. The average molecular weight is 397 g/mol. The van der Waals surface area contributed by atoms with E-state index in [9.17, 15) is 9.59 Å². The largest absolute Gasteiger partial charge is 0.349 e. The highest BCUT2D eigenvalue weighted by Crippen LogP contribution is 2.22. The third kappa shape index (κ3) is 5.86. The predicted molar refractivity (Wildman–Crippen MR) is 117 cm³/mol. The van der Waals surface area contributed by atoms with Gasteiger partial charge in [-0.2, -0.15) is 0 Å². The zero-order valence-electron chi connectivity index (χ0n) is 16.3. The quantitative estimate of drug-likeness (QED) is 0.692. The van der Waals surface area contributed by atoms with E-state index in [4.69, 9.17) is 0 Å². The molecular weight excluding hydrogens is 368 g/mol. The van der Waals surface area contributed by atoms with Gasteiger partial charge in [-0.1, -0.05) is 61.7 Å². The highest BCUT2D eigenvalue weighted by molar-refractivity contribution is 7.99. The molecule has 0 unspecified atom stereocenters. The normalized spacial score (nSPS) is 15.6. The van der Waals surface area contributed by atoms with Gasteiger partial charge in [0.15, 0.2) is 0 Å². The third-order valence-corrected chi connectivity index (χ3v) is 6.30. The summed E-state index contributed by atoms with van der Waals surface area (Å²) in [5, 5.41) is 5.86. The van der Waals surface area contributed by atoms with Crippen LogP contribution in [0, 0.1) is 0 Å². The standard InChI is InChI=1S/C23H28N2O2S/c1-17(28-16-18-10-4-2-5-11-18)22(26)25-21-15-9-8-14-20(21)23(27)24-19-12-6-3-7-13-19/h2,4-5,8-11,14-15,17,19H,3,6-7,12-13,16H2,1H3,(H,24,27)(H,25,26)/t17-/m1/s1. The zero-order chi connectivity index (χ0) is 19.8. The second-order valence-electron chi connectivity index (χ2n) is 7.28. The number of amides is 2. The number of carbonyl (C=O) groups is 2. The molecule has 0 heterocycles. The Morgan fingerprint density at radius 2 is 1.68 bits per heavy atom. The van der Waals surface area contributed by atoms with E-state index in [-0.39, 0.29) is 23.1 Å². The molecule has 5 heteroatoms. The Hall–Kier alpha value is -2.27. The van der Waals surface area contributed by atoms with Gasteiger partial charge in [-0.05, 0) is 37.5 Å². The van der Waals surface area contributed by atoms with Crippen LogP contribution >= 0.6 is 11.8 Å². The van der Waals surface area contributed by atoms with Crippen LogP contribution in [0.15, 0.2) is 54.6 Å². The van der Waals surface area contributed by atoms with E-state index in [0.29, 0.717) is 11.3 Å². The van der Waals surface area contributed by atoms with Crippen molar-refractivity contribution in [3.05, 3.63) is 65.7 Å². The minimum Gasteiger partial charge on any atom is -0.349 e. The Morgan fingerprint density at radius 1 is 1.00 bits per heavy atom. The molecule has 0 radical (unpaired) electrons. The summed E-state index contributed by atoms with van der Waals surface area (Å²) in [7, 11) is 0. The first-order valence-corrected chi connectivity index (χ1v) is 11.0. The Morgan fingerprint density at radius 3 is 2.43 bits per heavy atom. The molecule has 1 aliphatic carbocycles. The number of anilines is 1. The van der Waals surface area contributed by atoms with Crippen molar-refractivity contribution in [2.24, 2.45) is 0 Å². The molecule has 3 rings (SSSR count). The van der Waals surface area contributed by atoms with Gasteiger partial charge in [-0.3, -0.25) is 9.59 Å². The van der Waals surface area contributed by atoms with Gasteiger partial charge in [-0.15, -0.1) is 11.8 Å². The number of rotatable bonds is 7. The topological polar surface area (TPSA) is 58.2 Å². The summed E-state index contributed by atoms with van der Waals surface area (Å²) in [5.74, 6) is 0.588. The first-order chi connectivity index (χ1) is 13.6. The molecule has 148 valence electrons. The van der Waals surface area contributed by atoms with Crippen LogP contribution in [0.3, 0.4) is 0 Å². The summed E-state index contributed by atoms with van der Waals surface area (Å²) in [5.41, 5.74) is 2.30. The molecule has 0 saturated heterocycles. The molecule has 2 aromatic rings. The Kier molecular flexibility index (Phi) is 7.54. The maximum Gasteiger partial charge on any atom is 0.253 e. The van der Waals surface area contributed by atoms with Gasteiger partial charge in [0.25, 0.3) is 5.91 Å². The van der Waals surface area contributed by atoms with E-state index in [0.717, 1.165) is 18.6 Å². The van der Waals surface area contributed by atoms with Gasteiger partial charge in [0.1, 0.15) is 0 Å². The second-order valence-corrected chi connectivity index (χ2v) is 8.61. The predicted octanol–water partition coefficient (Wildman–Crippen LogP) is 5.01. The van der Waals surface area contributed by atoms with Crippen molar-refractivity contribution in [3.63, 3.8) is 0 Å². The molecule has 1 aliphatic rings. The summed E-state index contributed by atoms with van der Waals surface area (Å²) < 4.78 is 0. The molecule has 0 aromatic heterocycles. The molecule has 2 amide bonds. The summed E-state index contributed by atoms with van der Waals surface area (Å²) in [6.45, 7) is 1.90. The lowest BCUT2D eigenvalue weighted by Crippen LogP contribution is -2.36. The van der Waals surface area contributed by atoms with E-state index in [1.807, 2.05) is 37.3 Å². The highest BCUT2D eigenvalue weighted by atomic mass is 32.2. The minimum atomic E-state index is -0.213. The van der Waals surface area contributed by atoms with Gasteiger partial charge < -0.3 is 10.6 Å². The van der Waals surface area contributed by atoms with Crippen molar-refractivity contribution in [2.75, 3.05) is 5.32 Å². The highest BCUT2D eigenvalue weighted by Gasteiger charge is 2.20. The van der Waals surface area contributed by atoms with E-state index in [1.54, 1.807) is 23.9 Å². The zero-order valence-corrected chi connectivity index (χ0v) is 17.1. The smallest absolute Gasteiger partial charge is 0.253 e. The average Bonchev–Trinajstić information content (AvgIpc) is 2.73. The summed E-state index contributed by atoms with van der Waals surface area (Å²) in [6.07, 6.45) is 5.65. The maximum atomic E-state index is 12.7. The number of para-hydroxylation sites is 1. The molecule has 0 bridgehead atoms. The molecule has 1 atom stereocenters. The number of hydrogen-bond acceptors (Lipinski definition) is 3. The summed E-state index contributed by atoms with van der Waals surface area (Å²) in [6, 6.07) is 17.6. The fourth-order valence-electron chi connectivity index (χ4n) is 3.41. The molecule has 4 nitrogen and oxygen atoms in total. The van der Waals surface area contributed by atoms with Crippen LogP contribution in [-0.2, 0) is 10.5 Å². The lowest BCUT2D eigenvalue weighted by atomic mass is 9.95. The first-order valence-electron chi connectivity index (χ1n) is 10.00. The maximum absolute atomic E-state index is 12.7. The van der Waals surface area contributed by atoms with Crippen LogP contribution in [0.5, 0.6) is 0 Å². The van der Waals surface area contributed by atoms with Crippen molar-refractivity contribution < 1.29 is 9.59 Å². The number of thioether (sulfide) groups is 1. The van der Waals surface area contributed by atoms with E-state index >= 15 is 0 Å². The van der Waals surface area contributed by atoms with Gasteiger partial charge in [-0.25, -0.2) is 0 Å². The number of hydrogen-bond donors (Lipinski definition) is 2. The van der Waals surface area contributed by atoms with Crippen LogP contribution in [0.25, 0.3) is 0 Å². The molecule has 28 heavy (non-hydrogen) atoms. The van der Waals surface area contributed by atoms with Gasteiger partial charge in [0, 0.05) is 11.8 Å². The first kappa shape index (κ1) is 20.5. The Bertz CT molecular complexity index is 788. The van der Waals surface area contributed by atoms with Crippen LogP contribution in [0.1, 0.15) is 54.9 Å². The third-order valence-electron chi connectivity index (χ3n) is 5.08. The number of benzene rings is 2. The lowest BCUT2D eigenvalue weighted by Gasteiger charge is -2.23.